The molecule has 1 amide bonds. The van der Waals surface area contributed by atoms with Gasteiger partial charge in [0.25, 0.3) is 0 Å². The molecule has 0 spiro atoms. The Hall–Kier alpha value is -1.96. The van der Waals surface area contributed by atoms with Crippen molar-refractivity contribution < 1.29 is 18.7 Å². The Kier molecular flexibility index (Phi) is 7.42. The van der Waals surface area contributed by atoms with Crippen LogP contribution in [0.4, 0.5) is 0 Å². The third-order valence-electron chi connectivity index (χ3n) is 4.61. The van der Waals surface area contributed by atoms with Crippen LogP contribution >= 0.6 is 11.6 Å². The van der Waals surface area contributed by atoms with Crippen LogP contribution in [-0.2, 0) is 20.8 Å². The number of carbonyl (C=O) groups excluding carboxylic acids is 1. The highest BCUT2D eigenvalue weighted by Gasteiger charge is 2.21. The van der Waals surface area contributed by atoms with Crippen LogP contribution in [0.15, 0.2) is 28.7 Å². The highest BCUT2D eigenvalue weighted by molar-refractivity contribution is 6.33. The summed E-state index contributed by atoms with van der Waals surface area (Å²) < 4.78 is 16.8. The van der Waals surface area contributed by atoms with Crippen molar-refractivity contribution in [3.05, 3.63) is 35.2 Å². The Balaban J connectivity index is 1.54. The van der Waals surface area contributed by atoms with Gasteiger partial charge in [-0.3, -0.25) is 4.79 Å². The van der Waals surface area contributed by atoms with Gasteiger partial charge >= 0.3 is 0 Å². The molecule has 152 valence electrons. The lowest BCUT2D eigenvalue weighted by atomic mass is 10.2. The van der Waals surface area contributed by atoms with Gasteiger partial charge < -0.3 is 18.8 Å². The van der Waals surface area contributed by atoms with E-state index >= 15 is 0 Å². The number of nitrogens with zero attached hydrogens (tertiary/aromatic N) is 3. The Morgan fingerprint density at radius 3 is 2.89 bits per heavy atom. The largest absolute Gasteiger partial charge is 0.419 e. The van der Waals surface area contributed by atoms with Crippen LogP contribution < -0.4 is 0 Å². The second-order valence-electron chi connectivity index (χ2n) is 7.06. The maximum atomic E-state index is 12.6. The van der Waals surface area contributed by atoms with Crippen molar-refractivity contribution in [1.82, 2.24) is 15.1 Å². The zero-order valence-corrected chi connectivity index (χ0v) is 17.0. The molecule has 0 saturated carbocycles. The zero-order chi connectivity index (χ0) is 19.9. The second-order valence-corrected chi connectivity index (χ2v) is 7.46. The summed E-state index contributed by atoms with van der Waals surface area (Å²) in [6, 6.07) is 7.27. The molecule has 1 fully saturated rings. The van der Waals surface area contributed by atoms with Gasteiger partial charge in [-0.15, -0.1) is 10.2 Å². The van der Waals surface area contributed by atoms with Crippen LogP contribution in [0.2, 0.25) is 5.02 Å². The van der Waals surface area contributed by atoms with Crippen molar-refractivity contribution in [3.63, 3.8) is 0 Å². The number of hydrogen-bond acceptors (Lipinski definition) is 6. The van der Waals surface area contributed by atoms with E-state index in [0.717, 1.165) is 19.4 Å². The highest BCUT2D eigenvalue weighted by Crippen LogP contribution is 2.26. The molecule has 3 rings (SSSR count). The van der Waals surface area contributed by atoms with Crippen LogP contribution in [0.5, 0.6) is 0 Å². The number of hydrogen-bond donors (Lipinski definition) is 0. The number of ether oxygens (including phenoxy) is 2. The molecule has 2 heterocycles. The molecule has 8 heteroatoms. The number of aromatic nitrogens is 2. The molecule has 1 aromatic heterocycles. The van der Waals surface area contributed by atoms with Crippen molar-refractivity contribution in [3.8, 4) is 11.5 Å². The summed E-state index contributed by atoms with van der Waals surface area (Å²) in [7, 11) is 0. The Bertz CT molecular complexity index is 774. The van der Waals surface area contributed by atoms with Gasteiger partial charge in [0, 0.05) is 12.6 Å². The molecule has 0 N–H and O–H groups in total. The lowest BCUT2D eigenvalue weighted by molar-refractivity contribution is -0.135. The van der Waals surface area contributed by atoms with E-state index in [0.29, 0.717) is 42.0 Å². The smallest absolute Gasteiger partial charge is 0.249 e. The van der Waals surface area contributed by atoms with Crippen molar-refractivity contribution in [1.29, 1.82) is 0 Å². The van der Waals surface area contributed by atoms with E-state index in [1.54, 1.807) is 11.0 Å². The Labute approximate surface area is 170 Å². The standard InChI is InChI=1S/C20H26ClN3O4/c1-14(2)24(19(25)9-11-26-13-15-6-5-10-27-15)12-18-22-23-20(28-18)16-7-3-4-8-17(16)21/h3-4,7-8,14-15H,5-6,9-13H2,1-2H3. The van der Waals surface area contributed by atoms with E-state index in [4.69, 9.17) is 25.5 Å². The first kappa shape index (κ1) is 20.8. The van der Waals surface area contributed by atoms with Gasteiger partial charge in [-0.25, -0.2) is 0 Å². The minimum absolute atomic E-state index is 0.00123. The van der Waals surface area contributed by atoms with Gasteiger partial charge in [0.15, 0.2) is 0 Å². The fourth-order valence-corrected chi connectivity index (χ4v) is 3.28. The minimum Gasteiger partial charge on any atom is -0.419 e. The van der Waals surface area contributed by atoms with E-state index in [1.807, 2.05) is 32.0 Å². The van der Waals surface area contributed by atoms with Crippen LogP contribution in [0.25, 0.3) is 11.5 Å². The first-order chi connectivity index (χ1) is 13.5. The molecule has 1 aromatic carbocycles. The monoisotopic (exact) mass is 407 g/mol. The van der Waals surface area contributed by atoms with Gasteiger partial charge in [0.2, 0.25) is 17.7 Å². The quantitative estimate of drug-likeness (QED) is 0.589. The summed E-state index contributed by atoms with van der Waals surface area (Å²) in [6.45, 7) is 5.87. The number of amides is 1. The molecule has 0 radical (unpaired) electrons. The molecule has 1 aliphatic rings. The molecular weight excluding hydrogens is 382 g/mol. The summed E-state index contributed by atoms with van der Waals surface area (Å²) in [4.78, 5) is 14.3. The van der Waals surface area contributed by atoms with Gasteiger partial charge in [0.05, 0.1) is 42.9 Å². The number of rotatable bonds is 9. The topological polar surface area (TPSA) is 77.7 Å². The van der Waals surface area contributed by atoms with Crippen LogP contribution in [0.3, 0.4) is 0 Å². The van der Waals surface area contributed by atoms with Crippen LogP contribution in [-0.4, -0.2) is 53.0 Å². The maximum Gasteiger partial charge on any atom is 0.249 e. The molecule has 2 aromatic rings. The lowest BCUT2D eigenvalue weighted by Crippen LogP contribution is -2.37. The third-order valence-corrected chi connectivity index (χ3v) is 4.94. The number of benzene rings is 1. The molecule has 0 aliphatic carbocycles. The Morgan fingerprint density at radius 2 is 2.18 bits per heavy atom. The molecule has 7 nitrogen and oxygen atoms in total. The number of carbonyl (C=O) groups is 1. The summed E-state index contributed by atoms with van der Waals surface area (Å²) in [5, 5.41) is 8.67. The van der Waals surface area contributed by atoms with Crippen LogP contribution in [0.1, 0.15) is 39.0 Å². The van der Waals surface area contributed by atoms with Crippen LogP contribution in [0, 0.1) is 0 Å². The highest BCUT2D eigenvalue weighted by atomic mass is 35.5. The summed E-state index contributed by atoms with van der Waals surface area (Å²) in [5.74, 6) is 0.703. The van der Waals surface area contributed by atoms with E-state index in [-0.39, 0.29) is 24.6 Å². The van der Waals surface area contributed by atoms with Crippen molar-refractivity contribution in [2.75, 3.05) is 19.8 Å². The zero-order valence-electron chi connectivity index (χ0n) is 16.3. The van der Waals surface area contributed by atoms with Gasteiger partial charge in [0.1, 0.15) is 0 Å². The fourth-order valence-electron chi connectivity index (χ4n) is 3.06. The molecule has 1 aliphatic heterocycles. The minimum atomic E-state index is -0.0140. The molecule has 1 atom stereocenters. The molecule has 1 unspecified atom stereocenters. The first-order valence-electron chi connectivity index (χ1n) is 9.60. The normalized spacial score (nSPS) is 16.6. The summed E-state index contributed by atoms with van der Waals surface area (Å²) in [5.41, 5.74) is 0.674. The van der Waals surface area contributed by atoms with E-state index in [1.165, 1.54) is 0 Å². The van der Waals surface area contributed by atoms with E-state index in [9.17, 15) is 4.79 Å². The predicted molar refractivity (Wildman–Crippen MR) is 105 cm³/mol. The second kappa shape index (κ2) is 10.0. The maximum absolute atomic E-state index is 12.6. The van der Waals surface area contributed by atoms with Crippen molar-refractivity contribution in [2.45, 2.75) is 51.8 Å². The molecular formula is C20H26ClN3O4. The SMILES string of the molecule is CC(C)N(Cc1nnc(-c2ccccc2Cl)o1)C(=O)CCOCC1CCCO1. The van der Waals surface area contributed by atoms with Gasteiger partial charge in [-0.05, 0) is 38.8 Å². The van der Waals surface area contributed by atoms with Gasteiger partial charge in [-0.2, -0.15) is 0 Å². The Morgan fingerprint density at radius 1 is 1.36 bits per heavy atom. The van der Waals surface area contributed by atoms with Gasteiger partial charge in [-0.1, -0.05) is 23.7 Å². The first-order valence-corrected chi connectivity index (χ1v) is 9.98. The average Bonchev–Trinajstić information content (AvgIpc) is 3.35. The summed E-state index contributed by atoms with van der Waals surface area (Å²) >= 11 is 6.18. The van der Waals surface area contributed by atoms with Crippen molar-refractivity contribution >= 4 is 17.5 Å². The van der Waals surface area contributed by atoms with E-state index in [2.05, 4.69) is 10.2 Å². The molecule has 1 saturated heterocycles. The fraction of sp³-hybridized carbons (Fsp3) is 0.550. The van der Waals surface area contributed by atoms with Crippen molar-refractivity contribution in [2.24, 2.45) is 0 Å². The molecule has 28 heavy (non-hydrogen) atoms. The summed E-state index contributed by atoms with van der Waals surface area (Å²) in [6.07, 6.45) is 2.57. The third kappa shape index (κ3) is 5.53. The predicted octanol–water partition coefficient (Wildman–Crippen LogP) is 3.71. The number of halogens is 1. The molecule has 0 bridgehead atoms. The average molecular weight is 408 g/mol. The lowest BCUT2D eigenvalue weighted by Gasteiger charge is -2.25. The van der Waals surface area contributed by atoms with E-state index < -0.39 is 0 Å².